The van der Waals surface area contributed by atoms with E-state index in [9.17, 15) is 4.79 Å². The van der Waals surface area contributed by atoms with Crippen molar-refractivity contribution in [3.05, 3.63) is 29.3 Å². The monoisotopic (exact) mass is 246 g/mol. The molecule has 1 aromatic carbocycles. The van der Waals surface area contributed by atoms with Crippen LogP contribution in [0, 0.1) is 12.8 Å². The average molecular weight is 246 g/mol. The second kappa shape index (κ2) is 5.42. The zero-order valence-corrected chi connectivity index (χ0v) is 11.4. The molecule has 1 saturated carbocycles. The van der Waals surface area contributed by atoms with Crippen molar-refractivity contribution in [2.45, 2.75) is 39.2 Å². The van der Waals surface area contributed by atoms with Gasteiger partial charge in [0, 0.05) is 24.3 Å². The maximum Gasteiger partial charge on any atom is 0.251 e. The molecule has 0 aromatic heterocycles. The van der Waals surface area contributed by atoms with Crippen LogP contribution >= 0.6 is 0 Å². The first-order valence-corrected chi connectivity index (χ1v) is 6.69. The number of aryl methyl sites for hydroxylation is 1. The van der Waals surface area contributed by atoms with Crippen LogP contribution in [0.25, 0.3) is 0 Å². The molecule has 98 valence electrons. The zero-order valence-electron chi connectivity index (χ0n) is 11.4. The Bertz CT molecular complexity index is 442. The summed E-state index contributed by atoms with van der Waals surface area (Å²) in [5.41, 5.74) is 3.01. The molecule has 18 heavy (non-hydrogen) atoms. The van der Waals surface area contributed by atoms with Crippen LogP contribution in [0.15, 0.2) is 18.2 Å². The summed E-state index contributed by atoms with van der Waals surface area (Å²) in [5.74, 6) is 0.798. The number of carbonyl (C=O) groups is 1. The lowest BCUT2D eigenvalue weighted by atomic mass is 10.1. The van der Waals surface area contributed by atoms with Crippen molar-refractivity contribution in [2.24, 2.45) is 5.92 Å². The van der Waals surface area contributed by atoms with Gasteiger partial charge in [-0.25, -0.2) is 0 Å². The molecule has 1 aromatic rings. The predicted octanol–water partition coefficient (Wildman–Crippen LogP) is 2.96. The summed E-state index contributed by atoms with van der Waals surface area (Å²) in [6.45, 7) is 4.36. The molecule has 1 aliphatic carbocycles. The van der Waals surface area contributed by atoms with Gasteiger partial charge in [-0.05, 0) is 55.9 Å². The summed E-state index contributed by atoms with van der Waals surface area (Å²) in [5, 5.41) is 6.24. The fourth-order valence-corrected chi connectivity index (χ4v) is 2.67. The third-order valence-corrected chi connectivity index (χ3v) is 3.77. The molecule has 1 fully saturated rings. The van der Waals surface area contributed by atoms with Crippen LogP contribution in [-0.4, -0.2) is 19.0 Å². The maximum absolute atomic E-state index is 11.5. The van der Waals surface area contributed by atoms with Gasteiger partial charge in [-0.2, -0.15) is 0 Å². The highest BCUT2D eigenvalue weighted by atomic mass is 16.1. The lowest BCUT2D eigenvalue weighted by Crippen LogP contribution is -2.19. The van der Waals surface area contributed by atoms with E-state index in [0.29, 0.717) is 6.04 Å². The number of anilines is 1. The van der Waals surface area contributed by atoms with E-state index in [-0.39, 0.29) is 5.91 Å². The molecule has 0 heterocycles. The second-order valence-electron chi connectivity index (χ2n) is 5.37. The van der Waals surface area contributed by atoms with E-state index in [1.54, 1.807) is 7.05 Å². The van der Waals surface area contributed by atoms with Gasteiger partial charge in [0.25, 0.3) is 5.91 Å². The van der Waals surface area contributed by atoms with Crippen molar-refractivity contribution >= 4 is 11.6 Å². The number of nitrogens with one attached hydrogen (secondary N) is 2. The van der Waals surface area contributed by atoms with Crippen molar-refractivity contribution < 1.29 is 4.79 Å². The smallest absolute Gasteiger partial charge is 0.251 e. The number of hydrogen-bond donors (Lipinski definition) is 2. The summed E-state index contributed by atoms with van der Waals surface area (Å²) in [6, 6.07) is 6.43. The third-order valence-electron chi connectivity index (χ3n) is 3.77. The van der Waals surface area contributed by atoms with Gasteiger partial charge in [0.1, 0.15) is 0 Å². The molecule has 0 saturated heterocycles. The van der Waals surface area contributed by atoms with Crippen LogP contribution in [0.4, 0.5) is 5.69 Å². The molecule has 2 unspecified atom stereocenters. The van der Waals surface area contributed by atoms with Crippen molar-refractivity contribution in [3.63, 3.8) is 0 Å². The van der Waals surface area contributed by atoms with Gasteiger partial charge in [-0.1, -0.05) is 6.92 Å². The first-order valence-electron chi connectivity index (χ1n) is 6.69. The van der Waals surface area contributed by atoms with E-state index in [1.165, 1.54) is 19.3 Å². The van der Waals surface area contributed by atoms with Crippen molar-refractivity contribution in [1.82, 2.24) is 5.32 Å². The summed E-state index contributed by atoms with van der Waals surface area (Å²) >= 11 is 0. The molecular weight excluding hydrogens is 224 g/mol. The first-order chi connectivity index (χ1) is 8.60. The van der Waals surface area contributed by atoms with Crippen molar-refractivity contribution in [1.29, 1.82) is 0 Å². The van der Waals surface area contributed by atoms with E-state index in [4.69, 9.17) is 0 Å². The molecule has 2 N–H and O–H groups in total. The van der Waals surface area contributed by atoms with Crippen LogP contribution in [0.2, 0.25) is 0 Å². The summed E-state index contributed by atoms with van der Waals surface area (Å²) < 4.78 is 0. The lowest BCUT2D eigenvalue weighted by Gasteiger charge is -2.16. The molecule has 0 spiro atoms. The van der Waals surface area contributed by atoms with Gasteiger partial charge in [0.05, 0.1) is 0 Å². The first kappa shape index (κ1) is 12.9. The molecule has 2 atom stereocenters. The van der Waals surface area contributed by atoms with E-state index in [0.717, 1.165) is 22.7 Å². The Morgan fingerprint density at radius 3 is 2.67 bits per heavy atom. The molecule has 1 amide bonds. The van der Waals surface area contributed by atoms with Crippen LogP contribution in [-0.2, 0) is 0 Å². The van der Waals surface area contributed by atoms with Gasteiger partial charge in [0.15, 0.2) is 0 Å². The van der Waals surface area contributed by atoms with Gasteiger partial charge >= 0.3 is 0 Å². The summed E-state index contributed by atoms with van der Waals surface area (Å²) in [7, 11) is 1.66. The number of carbonyl (C=O) groups excluding carboxylic acids is 1. The number of benzene rings is 1. The van der Waals surface area contributed by atoms with E-state index in [2.05, 4.69) is 17.6 Å². The Kier molecular flexibility index (Phi) is 3.90. The Balaban J connectivity index is 2.08. The Morgan fingerprint density at radius 1 is 1.33 bits per heavy atom. The average Bonchev–Trinajstić information content (AvgIpc) is 2.76. The van der Waals surface area contributed by atoms with E-state index >= 15 is 0 Å². The standard InChI is InChI=1S/C15H22N2O/c1-10-4-6-13(8-10)17-14-7-5-12(9-11(14)2)15(18)16-3/h5,7,9-10,13,17H,4,6,8H2,1-3H3,(H,16,18). The molecule has 0 aliphatic heterocycles. The molecule has 1 aliphatic rings. The minimum atomic E-state index is -0.0286. The van der Waals surface area contributed by atoms with Crippen LogP contribution < -0.4 is 10.6 Å². The van der Waals surface area contributed by atoms with Crippen LogP contribution in [0.1, 0.15) is 42.1 Å². The molecule has 3 heteroatoms. The van der Waals surface area contributed by atoms with Gasteiger partial charge in [-0.15, -0.1) is 0 Å². The van der Waals surface area contributed by atoms with E-state index < -0.39 is 0 Å². The lowest BCUT2D eigenvalue weighted by molar-refractivity contribution is 0.0963. The summed E-state index contributed by atoms with van der Waals surface area (Å²) in [4.78, 5) is 11.5. The molecular formula is C15H22N2O. The Hall–Kier alpha value is -1.51. The SMILES string of the molecule is CNC(=O)c1ccc(NC2CCC(C)C2)c(C)c1. The Labute approximate surface area is 109 Å². The summed E-state index contributed by atoms with van der Waals surface area (Å²) in [6.07, 6.45) is 3.81. The fourth-order valence-electron chi connectivity index (χ4n) is 2.67. The number of hydrogen-bond acceptors (Lipinski definition) is 2. The molecule has 0 radical (unpaired) electrons. The normalized spacial score (nSPS) is 22.8. The van der Waals surface area contributed by atoms with E-state index in [1.807, 2.05) is 25.1 Å². The largest absolute Gasteiger partial charge is 0.382 e. The number of amides is 1. The topological polar surface area (TPSA) is 41.1 Å². The zero-order chi connectivity index (χ0) is 13.1. The van der Waals surface area contributed by atoms with Crippen molar-refractivity contribution in [3.8, 4) is 0 Å². The maximum atomic E-state index is 11.5. The van der Waals surface area contributed by atoms with Gasteiger partial charge < -0.3 is 10.6 Å². The minimum Gasteiger partial charge on any atom is -0.382 e. The highest BCUT2D eigenvalue weighted by Gasteiger charge is 2.21. The molecule has 0 bridgehead atoms. The fraction of sp³-hybridized carbons (Fsp3) is 0.533. The van der Waals surface area contributed by atoms with Crippen LogP contribution in [0.5, 0.6) is 0 Å². The highest BCUT2D eigenvalue weighted by Crippen LogP contribution is 2.28. The quantitative estimate of drug-likeness (QED) is 0.861. The second-order valence-corrected chi connectivity index (χ2v) is 5.37. The van der Waals surface area contributed by atoms with Crippen LogP contribution in [0.3, 0.4) is 0 Å². The Morgan fingerprint density at radius 2 is 2.11 bits per heavy atom. The minimum absolute atomic E-state index is 0.0286. The molecule has 3 nitrogen and oxygen atoms in total. The van der Waals surface area contributed by atoms with Crippen molar-refractivity contribution in [2.75, 3.05) is 12.4 Å². The van der Waals surface area contributed by atoms with Gasteiger partial charge in [0.2, 0.25) is 0 Å². The third kappa shape index (κ3) is 2.84. The number of rotatable bonds is 3. The highest BCUT2D eigenvalue weighted by molar-refractivity contribution is 5.94. The molecule has 2 rings (SSSR count). The van der Waals surface area contributed by atoms with Gasteiger partial charge in [-0.3, -0.25) is 4.79 Å². The predicted molar refractivity (Wildman–Crippen MR) is 75.0 cm³/mol.